The van der Waals surface area contributed by atoms with Crippen LogP contribution in [0.15, 0.2) is 0 Å². The first-order valence-electron chi connectivity index (χ1n) is 24.3. The quantitative estimate of drug-likeness (QED) is 0.126. The summed E-state index contributed by atoms with van der Waals surface area (Å²) >= 11 is 0. The van der Waals surface area contributed by atoms with Crippen LogP contribution in [0.2, 0.25) is 0 Å². The van der Waals surface area contributed by atoms with Crippen LogP contribution in [0.5, 0.6) is 0 Å². The molecular weight excluding hydrogens is 748 g/mol. The normalized spacial score (nSPS) is 50.3. The molecule has 9 rings (SSSR count). The van der Waals surface area contributed by atoms with Crippen LogP contribution in [0.3, 0.4) is 0 Å². The van der Waals surface area contributed by atoms with E-state index in [4.69, 9.17) is 0 Å². The second kappa shape index (κ2) is 15.8. The smallest absolute Gasteiger partial charge is 0.0628 e. The van der Waals surface area contributed by atoms with Gasteiger partial charge in [-0.1, -0.05) is 83.1 Å². The van der Waals surface area contributed by atoms with Gasteiger partial charge in [0.05, 0.1) is 49.3 Å². The van der Waals surface area contributed by atoms with Crippen molar-refractivity contribution in [2.24, 2.45) is 92.7 Å². The SMILES string of the molecule is CC(C)(C)C1CCC2C3NC(NC4NC(NC5NC(NC6NC(N3)C3CC(C(C)(C)C)CCC63)C3CC(C(C)(C)C)CCC53)C3CC(C(C)(C)C)CCC43)C2C1.[Co]. The zero-order valence-electron chi connectivity index (χ0n) is 38.4. The summed E-state index contributed by atoms with van der Waals surface area (Å²) in [5.74, 6) is 8.35. The van der Waals surface area contributed by atoms with E-state index in [1.54, 1.807) is 0 Å². The average molecular weight is 836 g/mol. The van der Waals surface area contributed by atoms with Crippen LogP contribution in [0.1, 0.15) is 160 Å². The molecule has 329 valence electrons. The van der Waals surface area contributed by atoms with E-state index in [-0.39, 0.29) is 16.8 Å². The second-order valence-electron chi connectivity index (χ2n) is 26.0. The maximum atomic E-state index is 4.44. The molecule has 12 atom stereocenters. The Hall–Kier alpha value is 0.186. The molecule has 0 amide bonds. The molecule has 5 aliphatic heterocycles. The summed E-state index contributed by atoms with van der Waals surface area (Å²) in [6.45, 7) is 30.0. The summed E-state index contributed by atoms with van der Waals surface area (Å²) in [4.78, 5) is 0. The molecule has 8 N–H and O–H groups in total. The van der Waals surface area contributed by atoms with Crippen molar-refractivity contribution in [1.82, 2.24) is 42.5 Å². The predicted octanol–water partition coefficient (Wildman–Crippen LogP) is 7.69. The van der Waals surface area contributed by atoms with E-state index >= 15 is 0 Å². The maximum absolute atomic E-state index is 4.44. The van der Waals surface area contributed by atoms with Crippen molar-refractivity contribution in [3.8, 4) is 0 Å². The van der Waals surface area contributed by atoms with Gasteiger partial charge < -0.3 is 0 Å². The van der Waals surface area contributed by atoms with Crippen molar-refractivity contribution < 1.29 is 16.8 Å². The number of rotatable bonds is 0. The number of nitrogens with one attached hydrogen (secondary N) is 8. The summed E-state index contributed by atoms with van der Waals surface area (Å²) in [6.07, 6.45) is 18.8. The third-order valence-corrected chi connectivity index (χ3v) is 19.0. The van der Waals surface area contributed by atoms with Gasteiger partial charge in [-0.3, -0.25) is 42.5 Å². The number of fused-ring (bicyclic) bond motifs is 20. The van der Waals surface area contributed by atoms with E-state index in [1.807, 2.05) is 0 Å². The van der Waals surface area contributed by atoms with E-state index < -0.39 is 0 Å². The Bertz CT molecular complexity index is 1190. The molecule has 9 fully saturated rings. The molecule has 8 bridgehead atoms. The van der Waals surface area contributed by atoms with E-state index in [1.165, 1.54) is 77.0 Å². The first-order chi connectivity index (χ1) is 26.2. The molecule has 0 aromatic carbocycles. The van der Waals surface area contributed by atoms with Crippen molar-refractivity contribution >= 4 is 0 Å². The Morgan fingerprint density at radius 3 is 0.561 bits per heavy atom. The molecule has 0 aromatic heterocycles. The molecule has 9 aliphatic rings. The second-order valence-corrected chi connectivity index (χ2v) is 26.0. The van der Waals surface area contributed by atoms with Crippen molar-refractivity contribution in [1.29, 1.82) is 0 Å². The van der Waals surface area contributed by atoms with Crippen LogP contribution in [0.25, 0.3) is 0 Å². The Labute approximate surface area is 360 Å². The Balaban J connectivity index is 0.00000455. The van der Waals surface area contributed by atoms with Crippen LogP contribution in [0, 0.1) is 92.7 Å². The Morgan fingerprint density at radius 1 is 0.246 bits per heavy atom. The van der Waals surface area contributed by atoms with Crippen LogP contribution in [-0.2, 0) is 16.8 Å². The summed E-state index contributed by atoms with van der Waals surface area (Å²) in [5, 5.41) is 35.2. The maximum Gasteiger partial charge on any atom is 0.0628 e. The first-order valence-corrected chi connectivity index (χ1v) is 24.3. The molecule has 1 radical (unpaired) electrons. The largest absolute Gasteiger partial charge is 0.286 e. The van der Waals surface area contributed by atoms with Crippen LogP contribution >= 0.6 is 0 Å². The molecule has 5 heterocycles. The van der Waals surface area contributed by atoms with Gasteiger partial charge in [-0.2, -0.15) is 0 Å². The standard InChI is InChI=1S/C48H88N8.Co/c1-45(2,3)25-13-17-29-33(21-25)41-49-37(29)54-42-35-23-27(47(7,8)9)15-19-31(35)39(51-42)56-44-36-24-28(48(10,11)12)16-20-32(36)40(52-44)55-43-34-22-26(46(4,5)6)14-18-30(34)38(50-43)53-41;/h25-44,49-56H,13-24H2,1-12H3;. The molecule has 9 heteroatoms. The molecule has 0 aromatic rings. The van der Waals surface area contributed by atoms with Crippen molar-refractivity contribution in [2.75, 3.05) is 0 Å². The van der Waals surface area contributed by atoms with E-state index in [0.717, 1.165) is 23.7 Å². The number of hydrogen-bond acceptors (Lipinski definition) is 8. The Morgan fingerprint density at radius 2 is 0.404 bits per heavy atom. The van der Waals surface area contributed by atoms with Gasteiger partial charge in [0.25, 0.3) is 0 Å². The molecular formula is C48H88CoN8. The molecule has 12 unspecified atom stereocenters. The van der Waals surface area contributed by atoms with E-state index in [0.29, 0.717) is 118 Å². The molecule has 57 heavy (non-hydrogen) atoms. The minimum atomic E-state index is 0. The Kier molecular flexibility index (Phi) is 12.1. The van der Waals surface area contributed by atoms with Crippen LogP contribution in [-0.4, -0.2) is 49.3 Å². The first kappa shape index (κ1) is 43.8. The topological polar surface area (TPSA) is 96.2 Å². The van der Waals surface area contributed by atoms with Gasteiger partial charge in [-0.05, 0) is 170 Å². The van der Waals surface area contributed by atoms with Gasteiger partial charge in [0, 0.05) is 16.8 Å². The van der Waals surface area contributed by atoms with Gasteiger partial charge in [-0.15, -0.1) is 0 Å². The summed E-state index contributed by atoms with van der Waals surface area (Å²) < 4.78 is 0. The minimum Gasteiger partial charge on any atom is -0.286 e. The fourth-order valence-corrected chi connectivity index (χ4v) is 15.2. The number of hydrogen-bond donors (Lipinski definition) is 8. The van der Waals surface area contributed by atoms with Crippen molar-refractivity contribution in [3.63, 3.8) is 0 Å². The fourth-order valence-electron chi connectivity index (χ4n) is 15.2. The van der Waals surface area contributed by atoms with Crippen LogP contribution in [0.4, 0.5) is 0 Å². The fraction of sp³-hybridized carbons (Fsp3) is 1.00. The molecule has 0 spiro atoms. The third kappa shape index (κ3) is 8.39. The predicted molar refractivity (Wildman–Crippen MR) is 230 cm³/mol. The average Bonchev–Trinajstić information content (AvgIpc) is 3.84. The summed E-state index contributed by atoms with van der Waals surface area (Å²) in [7, 11) is 0. The van der Waals surface area contributed by atoms with Gasteiger partial charge in [0.1, 0.15) is 0 Å². The zero-order chi connectivity index (χ0) is 39.7. The van der Waals surface area contributed by atoms with Gasteiger partial charge >= 0.3 is 0 Å². The van der Waals surface area contributed by atoms with Crippen molar-refractivity contribution in [3.05, 3.63) is 0 Å². The molecule has 4 aliphatic carbocycles. The van der Waals surface area contributed by atoms with Crippen LogP contribution < -0.4 is 42.5 Å². The minimum absolute atomic E-state index is 0. The third-order valence-electron chi connectivity index (χ3n) is 19.0. The molecule has 4 saturated carbocycles. The van der Waals surface area contributed by atoms with E-state index in [2.05, 4.69) is 126 Å². The molecule has 8 nitrogen and oxygen atoms in total. The van der Waals surface area contributed by atoms with E-state index in [9.17, 15) is 0 Å². The zero-order valence-corrected chi connectivity index (χ0v) is 39.4. The van der Waals surface area contributed by atoms with Gasteiger partial charge in [0.2, 0.25) is 0 Å². The van der Waals surface area contributed by atoms with Crippen molar-refractivity contribution in [2.45, 2.75) is 209 Å². The summed E-state index contributed by atoms with van der Waals surface area (Å²) in [5.41, 5.74) is 1.42. The summed E-state index contributed by atoms with van der Waals surface area (Å²) in [6, 6.07) is 0. The monoisotopic (exact) mass is 836 g/mol. The van der Waals surface area contributed by atoms with Gasteiger partial charge in [0.15, 0.2) is 0 Å². The molecule has 5 saturated heterocycles. The van der Waals surface area contributed by atoms with Gasteiger partial charge in [-0.25, -0.2) is 0 Å².